The summed E-state index contributed by atoms with van der Waals surface area (Å²) in [6.07, 6.45) is 3.50. The molecule has 0 saturated carbocycles. The van der Waals surface area contributed by atoms with Crippen molar-refractivity contribution < 1.29 is 14.3 Å². The molecule has 1 saturated heterocycles. The molecule has 1 aromatic rings. The first-order valence-corrected chi connectivity index (χ1v) is 8.02. The topological polar surface area (TPSA) is 49.9 Å². The number of hydrogen-bond acceptors (Lipinski definition) is 3. The summed E-state index contributed by atoms with van der Waals surface area (Å²) < 4.78 is 5.75. The van der Waals surface area contributed by atoms with E-state index >= 15 is 0 Å². The number of amides is 2. The highest BCUT2D eigenvalue weighted by Gasteiger charge is 2.31. The van der Waals surface area contributed by atoms with Gasteiger partial charge in [0.1, 0.15) is 12.4 Å². The van der Waals surface area contributed by atoms with Gasteiger partial charge in [0.2, 0.25) is 0 Å². The SMILES string of the molecule is CCN1CCN(CCOc2ccc3c(c2)CCC3)C(=O)C1=O. The molecule has 0 atom stereocenters. The summed E-state index contributed by atoms with van der Waals surface area (Å²) in [7, 11) is 0. The Kier molecular flexibility index (Phi) is 4.32. The number of aryl methyl sites for hydroxylation is 2. The molecule has 1 fully saturated rings. The largest absolute Gasteiger partial charge is 0.492 e. The van der Waals surface area contributed by atoms with E-state index in [0.29, 0.717) is 32.8 Å². The molecule has 0 N–H and O–H groups in total. The molecule has 1 aliphatic carbocycles. The minimum Gasteiger partial charge on any atom is -0.492 e. The van der Waals surface area contributed by atoms with E-state index in [1.165, 1.54) is 17.5 Å². The molecular weight excluding hydrogens is 280 g/mol. The Morgan fingerprint density at radius 3 is 2.59 bits per heavy atom. The third kappa shape index (κ3) is 2.93. The Balaban J connectivity index is 1.51. The van der Waals surface area contributed by atoms with E-state index < -0.39 is 11.8 Å². The van der Waals surface area contributed by atoms with Crippen LogP contribution < -0.4 is 4.74 Å². The van der Waals surface area contributed by atoms with Gasteiger partial charge in [0.05, 0.1) is 6.54 Å². The van der Waals surface area contributed by atoms with Crippen LogP contribution in [0.15, 0.2) is 18.2 Å². The molecule has 0 bridgehead atoms. The Morgan fingerprint density at radius 2 is 1.77 bits per heavy atom. The molecule has 0 aromatic heterocycles. The summed E-state index contributed by atoms with van der Waals surface area (Å²) in [5.74, 6) is 0.0450. The van der Waals surface area contributed by atoms with Gasteiger partial charge in [0.15, 0.2) is 0 Å². The first-order valence-electron chi connectivity index (χ1n) is 8.02. The van der Waals surface area contributed by atoms with Gasteiger partial charge in [-0.2, -0.15) is 0 Å². The lowest BCUT2D eigenvalue weighted by molar-refractivity contribution is -0.156. The predicted molar refractivity (Wildman–Crippen MR) is 82.8 cm³/mol. The van der Waals surface area contributed by atoms with Crippen molar-refractivity contribution in [1.29, 1.82) is 0 Å². The Hall–Kier alpha value is -2.04. The summed E-state index contributed by atoms with van der Waals surface area (Å²) in [5, 5.41) is 0. The zero-order chi connectivity index (χ0) is 15.5. The van der Waals surface area contributed by atoms with Gasteiger partial charge in [0, 0.05) is 19.6 Å². The van der Waals surface area contributed by atoms with E-state index in [0.717, 1.165) is 18.6 Å². The number of carbonyl (C=O) groups excluding carboxylic acids is 2. The molecule has 2 amide bonds. The maximum atomic E-state index is 12.0. The van der Waals surface area contributed by atoms with Gasteiger partial charge in [-0.1, -0.05) is 6.07 Å². The van der Waals surface area contributed by atoms with E-state index in [1.807, 2.05) is 13.0 Å². The molecular formula is C17H22N2O3. The lowest BCUT2D eigenvalue weighted by Gasteiger charge is -2.32. The van der Waals surface area contributed by atoms with Gasteiger partial charge in [-0.05, 0) is 49.4 Å². The fourth-order valence-corrected chi connectivity index (χ4v) is 3.14. The number of likely N-dealkylation sites (N-methyl/N-ethyl adjacent to an activating group) is 1. The van der Waals surface area contributed by atoms with E-state index in [-0.39, 0.29) is 0 Å². The Labute approximate surface area is 130 Å². The highest BCUT2D eigenvalue weighted by molar-refractivity contribution is 6.35. The standard InChI is InChI=1S/C17H22N2O3/c1-2-18-8-9-19(17(21)16(18)20)10-11-22-15-7-6-13-4-3-5-14(13)12-15/h6-7,12H,2-5,8-11H2,1H3. The third-order valence-corrected chi connectivity index (χ3v) is 4.48. The highest BCUT2D eigenvalue weighted by atomic mass is 16.5. The van der Waals surface area contributed by atoms with Gasteiger partial charge in [-0.3, -0.25) is 9.59 Å². The number of fused-ring (bicyclic) bond motifs is 1. The van der Waals surface area contributed by atoms with E-state index in [1.54, 1.807) is 9.80 Å². The second-order valence-electron chi connectivity index (χ2n) is 5.81. The van der Waals surface area contributed by atoms with Crippen molar-refractivity contribution >= 4 is 11.8 Å². The molecule has 0 unspecified atom stereocenters. The fourth-order valence-electron chi connectivity index (χ4n) is 3.14. The predicted octanol–water partition coefficient (Wildman–Crippen LogP) is 1.24. The Morgan fingerprint density at radius 1 is 1.05 bits per heavy atom. The molecule has 5 heteroatoms. The number of hydrogen-bond donors (Lipinski definition) is 0. The first kappa shape index (κ1) is 14.9. The van der Waals surface area contributed by atoms with Crippen LogP contribution in [0.5, 0.6) is 5.75 Å². The van der Waals surface area contributed by atoms with Crippen LogP contribution in [0.3, 0.4) is 0 Å². The van der Waals surface area contributed by atoms with Crippen LogP contribution in [0, 0.1) is 0 Å². The minimum atomic E-state index is -0.411. The van der Waals surface area contributed by atoms with Crippen LogP contribution in [-0.2, 0) is 22.4 Å². The molecule has 0 radical (unpaired) electrons. The highest BCUT2D eigenvalue weighted by Crippen LogP contribution is 2.25. The van der Waals surface area contributed by atoms with Crippen molar-refractivity contribution in [2.75, 3.05) is 32.8 Å². The molecule has 1 aliphatic heterocycles. The van der Waals surface area contributed by atoms with E-state index in [2.05, 4.69) is 12.1 Å². The first-order chi connectivity index (χ1) is 10.7. The van der Waals surface area contributed by atoms with Crippen molar-refractivity contribution in [3.63, 3.8) is 0 Å². The van der Waals surface area contributed by atoms with Crippen molar-refractivity contribution in [2.45, 2.75) is 26.2 Å². The van der Waals surface area contributed by atoms with Crippen molar-refractivity contribution in [2.24, 2.45) is 0 Å². The molecule has 2 aliphatic rings. The lowest BCUT2D eigenvalue weighted by atomic mass is 10.1. The molecule has 3 rings (SSSR count). The normalized spacial score (nSPS) is 17.9. The smallest absolute Gasteiger partial charge is 0.312 e. The molecule has 1 heterocycles. The summed E-state index contributed by atoms with van der Waals surface area (Å²) in [5.41, 5.74) is 2.80. The summed E-state index contributed by atoms with van der Waals surface area (Å²) in [6, 6.07) is 6.23. The van der Waals surface area contributed by atoms with Gasteiger partial charge >= 0.3 is 11.8 Å². The molecule has 1 aromatic carbocycles. The minimum absolute atomic E-state index is 0.397. The second-order valence-corrected chi connectivity index (χ2v) is 5.81. The van der Waals surface area contributed by atoms with Crippen LogP contribution >= 0.6 is 0 Å². The Bertz CT molecular complexity index is 585. The average molecular weight is 302 g/mol. The quantitative estimate of drug-likeness (QED) is 0.769. The third-order valence-electron chi connectivity index (χ3n) is 4.48. The van der Waals surface area contributed by atoms with Crippen LogP contribution in [0.25, 0.3) is 0 Å². The van der Waals surface area contributed by atoms with Crippen molar-refractivity contribution in [3.05, 3.63) is 29.3 Å². The molecule has 22 heavy (non-hydrogen) atoms. The van der Waals surface area contributed by atoms with Crippen molar-refractivity contribution in [1.82, 2.24) is 9.80 Å². The van der Waals surface area contributed by atoms with Crippen LogP contribution in [0.2, 0.25) is 0 Å². The number of carbonyl (C=O) groups is 2. The van der Waals surface area contributed by atoms with E-state index in [9.17, 15) is 9.59 Å². The summed E-state index contributed by atoms with van der Waals surface area (Å²) >= 11 is 0. The maximum Gasteiger partial charge on any atom is 0.312 e. The number of nitrogens with zero attached hydrogens (tertiary/aromatic N) is 2. The monoisotopic (exact) mass is 302 g/mol. The van der Waals surface area contributed by atoms with Crippen LogP contribution in [0.4, 0.5) is 0 Å². The number of benzene rings is 1. The average Bonchev–Trinajstić information content (AvgIpc) is 2.99. The zero-order valence-electron chi connectivity index (χ0n) is 13.0. The molecule has 118 valence electrons. The van der Waals surface area contributed by atoms with Gasteiger partial charge < -0.3 is 14.5 Å². The second kappa shape index (κ2) is 6.38. The van der Waals surface area contributed by atoms with Gasteiger partial charge in [-0.15, -0.1) is 0 Å². The number of rotatable bonds is 5. The molecule has 0 spiro atoms. The summed E-state index contributed by atoms with van der Waals surface area (Å²) in [4.78, 5) is 27.0. The number of piperazine rings is 1. The summed E-state index contributed by atoms with van der Waals surface area (Å²) in [6.45, 7) is 4.55. The lowest BCUT2D eigenvalue weighted by Crippen LogP contribution is -2.54. The van der Waals surface area contributed by atoms with E-state index in [4.69, 9.17) is 4.74 Å². The van der Waals surface area contributed by atoms with Crippen LogP contribution in [-0.4, -0.2) is 54.4 Å². The van der Waals surface area contributed by atoms with Crippen LogP contribution in [0.1, 0.15) is 24.5 Å². The fraction of sp³-hybridized carbons (Fsp3) is 0.529. The maximum absolute atomic E-state index is 12.0. The van der Waals surface area contributed by atoms with Crippen molar-refractivity contribution in [3.8, 4) is 5.75 Å². The zero-order valence-corrected chi connectivity index (χ0v) is 13.0. The van der Waals surface area contributed by atoms with Gasteiger partial charge in [-0.25, -0.2) is 0 Å². The number of ether oxygens (including phenoxy) is 1. The molecule has 5 nitrogen and oxygen atoms in total. The van der Waals surface area contributed by atoms with Gasteiger partial charge in [0.25, 0.3) is 0 Å².